The topological polar surface area (TPSA) is 98.3 Å². The normalized spacial score (nSPS) is 11.9. The Morgan fingerprint density at radius 2 is 2.25 bits per heavy atom. The predicted octanol–water partition coefficient (Wildman–Crippen LogP) is 1.02. The van der Waals surface area contributed by atoms with Crippen molar-refractivity contribution in [2.75, 3.05) is 5.32 Å². The Morgan fingerprint density at radius 1 is 1.62 bits per heavy atom. The molecule has 0 heterocycles. The molecule has 0 saturated heterocycles. The summed E-state index contributed by atoms with van der Waals surface area (Å²) in [5, 5.41) is 12.6. The van der Waals surface area contributed by atoms with Crippen LogP contribution in [0.2, 0.25) is 0 Å². The maximum absolute atomic E-state index is 13.1. The molecule has 0 aliphatic heterocycles. The van der Waals surface area contributed by atoms with Crippen LogP contribution in [-0.4, -0.2) is 16.9 Å². The summed E-state index contributed by atoms with van der Waals surface area (Å²) in [7, 11) is 0. The fourth-order valence-electron chi connectivity index (χ4n) is 0.989. The number of nitro groups is 1. The van der Waals surface area contributed by atoms with Gasteiger partial charge in [0.25, 0.3) is 0 Å². The van der Waals surface area contributed by atoms with Crippen molar-refractivity contribution in [1.29, 1.82) is 0 Å². The summed E-state index contributed by atoms with van der Waals surface area (Å²) in [4.78, 5) is 20.6. The first-order chi connectivity index (χ1) is 7.41. The van der Waals surface area contributed by atoms with Gasteiger partial charge in [-0.25, -0.2) is 0 Å². The van der Waals surface area contributed by atoms with Gasteiger partial charge in [0.15, 0.2) is 0 Å². The Kier molecular flexibility index (Phi) is 3.51. The van der Waals surface area contributed by atoms with Gasteiger partial charge in [-0.15, -0.1) is 0 Å². The van der Waals surface area contributed by atoms with Crippen molar-refractivity contribution in [2.24, 2.45) is 5.73 Å². The molecule has 3 N–H and O–H groups in total. The lowest BCUT2D eigenvalue weighted by molar-refractivity contribution is -0.387. The minimum Gasteiger partial charge on any atom is -0.325 e. The summed E-state index contributed by atoms with van der Waals surface area (Å²) >= 11 is 0. The molecule has 1 aromatic rings. The highest BCUT2D eigenvalue weighted by atomic mass is 19.1. The first-order valence-electron chi connectivity index (χ1n) is 4.42. The molecule has 0 spiro atoms. The van der Waals surface area contributed by atoms with Gasteiger partial charge in [-0.05, 0) is 13.0 Å². The minimum absolute atomic E-state index is 0.130. The lowest BCUT2D eigenvalue weighted by Gasteiger charge is -2.07. The molecule has 0 aromatic heterocycles. The summed E-state index contributed by atoms with van der Waals surface area (Å²) in [5.74, 6) is -1.50. The molecule has 1 aromatic carbocycles. The molecule has 0 aliphatic carbocycles. The number of nitrogens with zero attached hydrogens (tertiary/aromatic N) is 1. The highest BCUT2D eigenvalue weighted by molar-refractivity contribution is 5.94. The maximum Gasteiger partial charge on any atom is 0.304 e. The van der Waals surface area contributed by atoms with Crippen LogP contribution in [0.1, 0.15) is 6.92 Å². The predicted molar refractivity (Wildman–Crippen MR) is 55.3 cm³/mol. The van der Waals surface area contributed by atoms with Crippen LogP contribution in [0.25, 0.3) is 0 Å². The van der Waals surface area contributed by atoms with Gasteiger partial charge in [0.2, 0.25) is 11.7 Å². The van der Waals surface area contributed by atoms with E-state index in [1.54, 1.807) is 0 Å². The Balaban J connectivity index is 2.90. The molecule has 0 fully saturated rings. The smallest absolute Gasteiger partial charge is 0.304 e. The van der Waals surface area contributed by atoms with Gasteiger partial charge < -0.3 is 11.1 Å². The van der Waals surface area contributed by atoms with Gasteiger partial charge >= 0.3 is 5.69 Å². The monoisotopic (exact) mass is 227 g/mol. The number of hydrogen-bond acceptors (Lipinski definition) is 4. The van der Waals surface area contributed by atoms with Crippen molar-refractivity contribution >= 4 is 17.3 Å². The van der Waals surface area contributed by atoms with Crippen molar-refractivity contribution in [1.82, 2.24) is 0 Å². The van der Waals surface area contributed by atoms with Crippen LogP contribution in [0.15, 0.2) is 18.2 Å². The third kappa shape index (κ3) is 2.74. The number of nitrogens with one attached hydrogen (secondary N) is 1. The van der Waals surface area contributed by atoms with Gasteiger partial charge in [0, 0.05) is 17.8 Å². The third-order valence-electron chi connectivity index (χ3n) is 1.83. The standard InChI is InChI=1S/C9H10FN3O3/c1-5(11)9(14)12-6-2-3-8(13(15)16)7(10)4-6/h2-5H,11H2,1H3,(H,12,14). The zero-order chi connectivity index (χ0) is 12.3. The van der Waals surface area contributed by atoms with E-state index in [1.807, 2.05) is 0 Å². The van der Waals surface area contributed by atoms with Gasteiger partial charge in [-0.1, -0.05) is 0 Å². The van der Waals surface area contributed by atoms with Crippen molar-refractivity contribution in [3.8, 4) is 0 Å². The first kappa shape index (κ1) is 12.1. The van der Waals surface area contributed by atoms with E-state index in [2.05, 4.69) is 5.32 Å². The van der Waals surface area contributed by atoms with Crippen molar-refractivity contribution in [3.63, 3.8) is 0 Å². The van der Waals surface area contributed by atoms with Crippen LogP contribution in [0, 0.1) is 15.9 Å². The van der Waals surface area contributed by atoms with E-state index in [0.29, 0.717) is 0 Å². The number of benzene rings is 1. The molecule has 1 rings (SSSR count). The number of halogens is 1. The molecule has 7 heteroatoms. The maximum atomic E-state index is 13.1. The second-order valence-corrected chi connectivity index (χ2v) is 3.20. The zero-order valence-electron chi connectivity index (χ0n) is 8.44. The molecule has 1 amide bonds. The number of carbonyl (C=O) groups is 1. The fourth-order valence-corrected chi connectivity index (χ4v) is 0.989. The summed E-state index contributed by atoms with van der Waals surface area (Å²) in [6.45, 7) is 1.47. The molecule has 0 radical (unpaired) electrons. The van der Waals surface area contributed by atoms with E-state index in [9.17, 15) is 19.3 Å². The van der Waals surface area contributed by atoms with Crippen LogP contribution in [0.3, 0.4) is 0 Å². The van der Waals surface area contributed by atoms with Gasteiger partial charge in [0.05, 0.1) is 11.0 Å². The summed E-state index contributed by atoms with van der Waals surface area (Å²) in [6.07, 6.45) is 0. The SMILES string of the molecule is CC(N)C(=O)Nc1ccc([N+](=O)[O-])c(F)c1. The molecule has 86 valence electrons. The Bertz CT molecular complexity index is 434. The molecule has 16 heavy (non-hydrogen) atoms. The molecular formula is C9H10FN3O3. The number of amides is 1. The van der Waals surface area contributed by atoms with E-state index in [1.165, 1.54) is 13.0 Å². The lowest BCUT2D eigenvalue weighted by atomic mass is 10.2. The van der Waals surface area contributed by atoms with E-state index in [0.717, 1.165) is 12.1 Å². The van der Waals surface area contributed by atoms with Crippen LogP contribution in [0.4, 0.5) is 15.8 Å². The highest BCUT2D eigenvalue weighted by Crippen LogP contribution is 2.20. The third-order valence-corrected chi connectivity index (χ3v) is 1.83. The largest absolute Gasteiger partial charge is 0.325 e. The quantitative estimate of drug-likeness (QED) is 0.594. The summed E-state index contributed by atoms with van der Waals surface area (Å²) in [5.41, 5.74) is 4.78. The highest BCUT2D eigenvalue weighted by Gasteiger charge is 2.15. The number of nitro benzene ring substituents is 1. The molecule has 6 nitrogen and oxygen atoms in total. The fraction of sp³-hybridized carbons (Fsp3) is 0.222. The molecule has 1 unspecified atom stereocenters. The Labute approximate surface area is 90.4 Å². The van der Waals surface area contributed by atoms with E-state index < -0.39 is 28.4 Å². The van der Waals surface area contributed by atoms with Crippen molar-refractivity contribution in [3.05, 3.63) is 34.1 Å². The minimum atomic E-state index is -1.01. The van der Waals surface area contributed by atoms with Crippen molar-refractivity contribution in [2.45, 2.75) is 13.0 Å². The van der Waals surface area contributed by atoms with Crippen LogP contribution in [-0.2, 0) is 4.79 Å². The number of anilines is 1. The lowest BCUT2D eigenvalue weighted by Crippen LogP contribution is -2.32. The Morgan fingerprint density at radius 3 is 2.69 bits per heavy atom. The number of rotatable bonds is 3. The van der Waals surface area contributed by atoms with E-state index in [-0.39, 0.29) is 5.69 Å². The number of nitrogens with two attached hydrogens (primary N) is 1. The van der Waals surface area contributed by atoms with E-state index >= 15 is 0 Å². The van der Waals surface area contributed by atoms with Gasteiger partial charge in [-0.3, -0.25) is 14.9 Å². The average Bonchev–Trinajstić information content (AvgIpc) is 2.16. The molecule has 0 saturated carbocycles. The number of carbonyl (C=O) groups excluding carboxylic acids is 1. The Hall–Kier alpha value is -2.02. The first-order valence-corrected chi connectivity index (χ1v) is 4.42. The summed E-state index contributed by atoms with van der Waals surface area (Å²) in [6, 6.07) is 2.35. The van der Waals surface area contributed by atoms with Gasteiger partial charge in [0.1, 0.15) is 0 Å². The number of hydrogen-bond donors (Lipinski definition) is 2. The summed E-state index contributed by atoms with van der Waals surface area (Å²) < 4.78 is 13.1. The molecule has 0 aliphatic rings. The molecule has 0 bridgehead atoms. The van der Waals surface area contributed by atoms with Gasteiger partial charge in [-0.2, -0.15) is 4.39 Å². The second-order valence-electron chi connectivity index (χ2n) is 3.20. The van der Waals surface area contributed by atoms with Crippen LogP contribution in [0.5, 0.6) is 0 Å². The average molecular weight is 227 g/mol. The van der Waals surface area contributed by atoms with E-state index in [4.69, 9.17) is 5.73 Å². The molecule has 1 atom stereocenters. The zero-order valence-corrected chi connectivity index (χ0v) is 8.44. The van der Waals surface area contributed by atoms with Crippen molar-refractivity contribution < 1.29 is 14.1 Å². The van der Waals surface area contributed by atoms with Crippen LogP contribution < -0.4 is 11.1 Å². The molecular weight excluding hydrogens is 217 g/mol. The van der Waals surface area contributed by atoms with Crippen LogP contribution >= 0.6 is 0 Å². The second kappa shape index (κ2) is 4.67.